The number of methoxy groups -OCH3 is 1. The van der Waals surface area contributed by atoms with Crippen molar-refractivity contribution in [3.8, 4) is 11.5 Å². The third-order valence-corrected chi connectivity index (χ3v) is 3.44. The first-order chi connectivity index (χ1) is 9.33. The molecule has 0 aliphatic rings. The van der Waals surface area contributed by atoms with E-state index in [-0.39, 0.29) is 0 Å². The van der Waals surface area contributed by atoms with Gasteiger partial charge in [-0.15, -0.1) is 11.3 Å². The summed E-state index contributed by atoms with van der Waals surface area (Å²) in [5.74, 6) is 1.73. The minimum Gasteiger partial charge on any atom is -0.497 e. The lowest BCUT2D eigenvalue weighted by molar-refractivity contribution is 0.304. The molecule has 0 saturated carbocycles. The Hall–Kier alpha value is -1.59. The molecule has 0 fully saturated rings. The third-order valence-electron chi connectivity index (χ3n) is 2.69. The van der Waals surface area contributed by atoms with Crippen LogP contribution in [0.4, 0.5) is 0 Å². The molecule has 0 bridgehead atoms. The molecule has 2 rings (SSSR count). The second kappa shape index (κ2) is 7.11. The summed E-state index contributed by atoms with van der Waals surface area (Å²) in [6.45, 7) is 4.32. The van der Waals surface area contributed by atoms with Gasteiger partial charge in [0, 0.05) is 18.3 Å². The molecule has 1 N–H and O–H groups in total. The summed E-state index contributed by atoms with van der Waals surface area (Å²) >= 11 is 1.60. The van der Waals surface area contributed by atoms with Gasteiger partial charge in [-0.3, -0.25) is 4.98 Å². The van der Waals surface area contributed by atoms with Crippen LogP contribution in [0.1, 0.15) is 17.4 Å². The maximum atomic E-state index is 5.85. The van der Waals surface area contributed by atoms with Crippen LogP contribution in [0.25, 0.3) is 0 Å². The fourth-order valence-electron chi connectivity index (χ4n) is 1.68. The number of ether oxygens (including phenoxy) is 2. The first-order valence-electron chi connectivity index (χ1n) is 6.21. The van der Waals surface area contributed by atoms with E-state index in [9.17, 15) is 0 Å². The van der Waals surface area contributed by atoms with Crippen molar-refractivity contribution < 1.29 is 9.47 Å². The predicted molar refractivity (Wildman–Crippen MR) is 76.8 cm³/mol. The van der Waals surface area contributed by atoms with Crippen LogP contribution in [0.15, 0.2) is 29.9 Å². The van der Waals surface area contributed by atoms with Crippen molar-refractivity contribution in [1.82, 2.24) is 10.3 Å². The SMILES string of the molecule is CCNCc1cc(OC)ccc1OCc1cncs1. The molecule has 0 spiro atoms. The molecule has 0 aliphatic heterocycles. The summed E-state index contributed by atoms with van der Waals surface area (Å²) in [5, 5.41) is 3.30. The predicted octanol–water partition coefficient (Wildman–Crippen LogP) is 2.84. The molecule has 5 heteroatoms. The Bertz CT molecular complexity index is 500. The van der Waals surface area contributed by atoms with Crippen LogP contribution in [0.5, 0.6) is 11.5 Å². The summed E-state index contributed by atoms with van der Waals surface area (Å²) in [6, 6.07) is 5.87. The second-order valence-electron chi connectivity index (χ2n) is 4.01. The molecule has 0 unspecified atom stereocenters. The lowest BCUT2D eigenvalue weighted by Gasteiger charge is -2.12. The summed E-state index contributed by atoms with van der Waals surface area (Å²) in [6.07, 6.45) is 1.83. The summed E-state index contributed by atoms with van der Waals surface area (Å²) in [7, 11) is 1.67. The van der Waals surface area contributed by atoms with Gasteiger partial charge in [-0.05, 0) is 24.7 Å². The van der Waals surface area contributed by atoms with E-state index in [2.05, 4.69) is 17.2 Å². The molecule has 1 heterocycles. The minimum absolute atomic E-state index is 0.552. The van der Waals surface area contributed by atoms with Crippen LogP contribution >= 0.6 is 11.3 Å². The molecule has 0 amide bonds. The number of thiazole rings is 1. The molecule has 19 heavy (non-hydrogen) atoms. The topological polar surface area (TPSA) is 43.4 Å². The molecule has 1 aromatic heterocycles. The largest absolute Gasteiger partial charge is 0.497 e. The van der Waals surface area contributed by atoms with Crippen molar-refractivity contribution in [2.24, 2.45) is 0 Å². The van der Waals surface area contributed by atoms with Gasteiger partial charge < -0.3 is 14.8 Å². The first-order valence-corrected chi connectivity index (χ1v) is 7.09. The van der Waals surface area contributed by atoms with Crippen LogP contribution < -0.4 is 14.8 Å². The molecular weight excluding hydrogens is 260 g/mol. The summed E-state index contributed by atoms with van der Waals surface area (Å²) in [4.78, 5) is 5.16. The highest BCUT2D eigenvalue weighted by Gasteiger charge is 2.06. The monoisotopic (exact) mass is 278 g/mol. The molecule has 0 aliphatic carbocycles. The van der Waals surface area contributed by atoms with E-state index >= 15 is 0 Å². The Balaban J connectivity index is 2.08. The molecule has 2 aromatic rings. The zero-order chi connectivity index (χ0) is 13.5. The van der Waals surface area contributed by atoms with E-state index in [1.54, 1.807) is 18.4 Å². The van der Waals surface area contributed by atoms with E-state index in [4.69, 9.17) is 9.47 Å². The fourth-order valence-corrected chi connectivity index (χ4v) is 2.19. The van der Waals surface area contributed by atoms with Gasteiger partial charge in [-0.1, -0.05) is 6.92 Å². The molecule has 0 saturated heterocycles. The van der Waals surface area contributed by atoms with Crippen molar-refractivity contribution in [2.45, 2.75) is 20.1 Å². The van der Waals surface area contributed by atoms with Crippen molar-refractivity contribution in [3.05, 3.63) is 40.3 Å². The number of rotatable bonds is 7. The first kappa shape index (κ1) is 13.8. The Morgan fingerprint density at radius 3 is 2.95 bits per heavy atom. The van der Waals surface area contributed by atoms with Gasteiger partial charge in [-0.2, -0.15) is 0 Å². The van der Waals surface area contributed by atoms with E-state index in [0.29, 0.717) is 6.61 Å². The Labute approximate surface area is 117 Å². The second-order valence-corrected chi connectivity index (χ2v) is 4.98. The van der Waals surface area contributed by atoms with E-state index < -0.39 is 0 Å². The van der Waals surface area contributed by atoms with Crippen LogP contribution in [0.3, 0.4) is 0 Å². The maximum absolute atomic E-state index is 5.85. The number of nitrogens with one attached hydrogen (secondary N) is 1. The Morgan fingerprint density at radius 2 is 2.26 bits per heavy atom. The van der Waals surface area contributed by atoms with Crippen molar-refractivity contribution >= 4 is 11.3 Å². The van der Waals surface area contributed by atoms with Gasteiger partial charge in [-0.25, -0.2) is 0 Å². The molecular formula is C14H18N2O2S. The number of hydrogen-bond donors (Lipinski definition) is 1. The zero-order valence-corrected chi connectivity index (χ0v) is 12.0. The zero-order valence-electron chi connectivity index (χ0n) is 11.2. The van der Waals surface area contributed by atoms with Gasteiger partial charge in [0.25, 0.3) is 0 Å². The highest BCUT2D eigenvalue weighted by atomic mass is 32.1. The van der Waals surface area contributed by atoms with Crippen molar-refractivity contribution in [3.63, 3.8) is 0 Å². The lowest BCUT2D eigenvalue weighted by Crippen LogP contribution is -2.13. The number of aromatic nitrogens is 1. The molecule has 1 aromatic carbocycles. The average molecular weight is 278 g/mol. The van der Waals surface area contributed by atoms with Crippen LogP contribution in [-0.4, -0.2) is 18.6 Å². The summed E-state index contributed by atoms with van der Waals surface area (Å²) < 4.78 is 11.1. The van der Waals surface area contributed by atoms with E-state index in [1.165, 1.54) is 0 Å². The fraction of sp³-hybridized carbons (Fsp3) is 0.357. The number of hydrogen-bond acceptors (Lipinski definition) is 5. The Kier molecular flexibility index (Phi) is 5.18. The highest BCUT2D eigenvalue weighted by molar-refractivity contribution is 7.09. The van der Waals surface area contributed by atoms with Crippen LogP contribution in [0.2, 0.25) is 0 Å². The van der Waals surface area contributed by atoms with Gasteiger partial charge in [0.15, 0.2) is 0 Å². The molecule has 0 atom stereocenters. The van der Waals surface area contributed by atoms with E-state index in [1.807, 2.05) is 29.9 Å². The molecule has 4 nitrogen and oxygen atoms in total. The molecule has 102 valence electrons. The van der Waals surface area contributed by atoms with Crippen molar-refractivity contribution in [2.75, 3.05) is 13.7 Å². The van der Waals surface area contributed by atoms with Gasteiger partial charge in [0.05, 0.1) is 17.5 Å². The molecule has 0 radical (unpaired) electrons. The maximum Gasteiger partial charge on any atom is 0.124 e. The summed E-state index contributed by atoms with van der Waals surface area (Å²) in [5.41, 5.74) is 2.91. The quantitative estimate of drug-likeness (QED) is 0.846. The van der Waals surface area contributed by atoms with Crippen LogP contribution in [0, 0.1) is 0 Å². The third kappa shape index (κ3) is 3.94. The highest BCUT2D eigenvalue weighted by Crippen LogP contribution is 2.25. The van der Waals surface area contributed by atoms with Gasteiger partial charge in [0.1, 0.15) is 18.1 Å². The number of nitrogens with zero attached hydrogens (tertiary/aromatic N) is 1. The average Bonchev–Trinajstić information content (AvgIpc) is 2.96. The minimum atomic E-state index is 0.552. The number of benzene rings is 1. The Morgan fingerprint density at radius 1 is 1.37 bits per heavy atom. The van der Waals surface area contributed by atoms with Crippen molar-refractivity contribution in [1.29, 1.82) is 0 Å². The lowest BCUT2D eigenvalue weighted by atomic mass is 10.2. The standard InChI is InChI=1S/C14H18N2O2S/c1-3-15-7-11-6-12(17-2)4-5-14(11)18-9-13-8-16-10-19-13/h4-6,8,10,15H,3,7,9H2,1-2H3. The van der Waals surface area contributed by atoms with Crippen LogP contribution in [-0.2, 0) is 13.2 Å². The smallest absolute Gasteiger partial charge is 0.124 e. The van der Waals surface area contributed by atoms with E-state index in [0.717, 1.165) is 35.0 Å². The van der Waals surface area contributed by atoms with Gasteiger partial charge >= 0.3 is 0 Å². The normalized spacial score (nSPS) is 10.4. The van der Waals surface area contributed by atoms with Gasteiger partial charge in [0.2, 0.25) is 0 Å².